The van der Waals surface area contributed by atoms with E-state index in [4.69, 9.17) is 10.2 Å². The highest BCUT2D eigenvalue weighted by Gasteiger charge is 2.28. The quantitative estimate of drug-likeness (QED) is 0.889. The summed E-state index contributed by atoms with van der Waals surface area (Å²) in [5.41, 5.74) is 5.75. The summed E-state index contributed by atoms with van der Waals surface area (Å²) < 4.78 is 28.9. The lowest BCUT2D eigenvalue weighted by Crippen LogP contribution is -2.44. The molecule has 0 radical (unpaired) electrons. The SMILES string of the molecule is NCC(c1ccc(Br)o1)N1CCS(=O)(=O)CC1. The van der Waals surface area contributed by atoms with Gasteiger partial charge in [0.2, 0.25) is 0 Å². The minimum atomic E-state index is -2.86. The van der Waals surface area contributed by atoms with Crippen molar-refractivity contribution < 1.29 is 12.8 Å². The van der Waals surface area contributed by atoms with Crippen molar-refractivity contribution in [2.75, 3.05) is 31.1 Å². The first-order chi connectivity index (χ1) is 8.02. The minimum absolute atomic E-state index is 0.0446. The number of nitrogens with zero attached hydrogens (tertiary/aromatic N) is 1. The average Bonchev–Trinajstić information content (AvgIpc) is 2.68. The fourth-order valence-corrected chi connectivity index (χ4v) is 3.54. The van der Waals surface area contributed by atoms with E-state index >= 15 is 0 Å². The summed E-state index contributed by atoms with van der Waals surface area (Å²) >= 11 is 3.25. The van der Waals surface area contributed by atoms with Crippen molar-refractivity contribution in [1.82, 2.24) is 4.90 Å². The maximum absolute atomic E-state index is 11.4. The van der Waals surface area contributed by atoms with E-state index in [0.29, 0.717) is 24.3 Å². The van der Waals surface area contributed by atoms with Gasteiger partial charge < -0.3 is 10.2 Å². The zero-order chi connectivity index (χ0) is 12.5. The van der Waals surface area contributed by atoms with Crippen LogP contribution in [0.15, 0.2) is 21.2 Å². The summed E-state index contributed by atoms with van der Waals surface area (Å²) in [4.78, 5) is 2.06. The van der Waals surface area contributed by atoms with Gasteiger partial charge in [-0.05, 0) is 28.1 Å². The molecular weight excluding hydrogens is 308 g/mol. The van der Waals surface area contributed by atoms with Gasteiger partial charge >= 0.3 is 0 Å². The van der Waals surface area contributed by atoms with Crippen LogP contribution in [0, 0.1) is 0 Å². The Bertz CT molecular complexity index is 471. The number of halogens is 1. The van der Waals surface area contributed by atoms with E-state index in [0.717, 1.165) is 5.76 Å². The Kier molecular flexibility index (Phi) is 3.92. The van der Waals surface area contributed by atoms with Gasteiger partial charge in [-0.25, -0.2) is 8.42 Å². The first kappa shape index (κ1) is 13.1. The second-order valence-electron chi connectivity index (χ2n) is 4.08. The topological polar surface area (TPSA) is 76.5 Å². The van der Waals surface area contributed by atoms with Gasteiger partial charge in [0, 0.05) is 19.6 Å². The van der Waals surface area contributed by atoms with Gasteiger partial charge in [0.25, 0.3) is 0 Å². The number of rotatable bonds is 3. The molecule has 1 aromatic heterocycles. The van der Waals surface area contributed by atoms with Crippen LogP contribution in [0.1, 0.15) is 11.8 Å². The Labute approximate surface area is 109 Å². The molecule has 0 aliphatic carbocycles. The molecule has 1 atom stereocenters. The molecule has 1 aliphatic heterocycles. The van der Waals surface area contributed by atoms with E-state index in [1.54, 1.807) is 0 Å². The number of sulfone groups is 1. The molecule has 1 unspecified atom stereocenters. The molecule has 1 fully saturated rings. The Balaban J connectivity index is 2.10. The lowest BCUT2D eigenvalue weighted by molar-refractivity contribution is 0.192. The van der Waals surface area contributed by atoms with Gasteiger partial charge in [0.05, 0.1) is 17.5 Å². The molecule has 2 rings (SSSR count). The highest BCUT2D eigenvalue weighted by atomic mass is 79.9. The number of nitrogens with two attached hydrogens (primary N) is 1. The summed E-state index contributed by atoms with van der Waals surface area (Å²) in [6, 6.07) is 3.64. The fraction of sp³-hybridized carbons (Fsp3) is 0.600. The van der Waals surface area contributed by atoms with E-state index in [1.807, 2.05) is 12.1 Å². The molecule has 2 heterocycles. The second-order valence-corrected chi connectivity index (χ2v) is 7.17. The molecule has 5 nitrogen and oxygen atoms in total. The van der Waals surface area contributed by atoms with Gasteiger partial charge in [-0.3, -0.25) is 4.90 Å². The van der Waals surface area contributed by atoms with Crippen molar-refractivity contribution >= 4 is 25.8 Å². The van der Waals surface area contributed by atoms with Crippen molar-refractivity contribution in [3.63, 3.8) is 0 Å². The Morgan fingerprint density at radius 1 is 1.41 bits per heavy atom. The van der Waals surface area contributed by atoms with E-state index in [2.05, 4.69) is 20.8 Å². The summed E-state index contributed by atoms with van der Waals surface area (Å²) in [6.07, 6.45) is 0. The van der Waals surface area contributed by atoms with Crippen LogP contribution in [0.25, 0.3) is 0 Å². The summed E-state index contributed by atoms with van der Waals surface area (Å²) in [5.74, 6) is 1.18. The number of hydrogen-bond donors (Lipinski definition) is 1. The van der Waals surface area contributed by atoms with E-state index < -0.39 is 9.84 Å². The van der Waals surface area contributed by atoms with Crippen molar-refractivity contribution in [3.05, 3.63) is 22.6 Å². The van der Waals surface area contributed by atoms with Crippen molar-refractivity contribution in [3.8, 4) is 0 Å². The summed E-state index contributed by atoms with van der Waals surface area (Å²) in [6.45, 7) is 1.45. The molecule has 1 saturated heterocycles. The lowest BCUT2D eigenvalue weighted by Gasteiger charge is -2.32. The first-order valence-corrected chi connectivity index (χ1v) is 8.03. The standard InChI is InChI=1S/C10H15BrN2O3S/c11-10-2-1-9(16-10)8(7-12)13-3-5-17(14,15)6-4-13/h1-2,8H,3-7,12H2. The molecule has 2 N–H and O–H groups in total. The van der Waals surface area contributed by atoms with Gasteiger partial charge in [-0.2, -0.15) is 0 Å². The maximum Gasteiger partial charge on any atom is 0.169 e. The van der Waals surface area contributed by atoms with Crippen LogP contribution in [0.4, 0.5) is 0 Å². The Morgan fingerprint density at radius 3 is 2.53 bits per heavy atom. The van der Waals surface area contributed by atoms with Crippen LogP contribution in [0.5, 0.6) is 0 Å². The second kappa shape index (κ2) is 5.09. The maximum atomic E-state index is 11.4. The third-order valence-electron chi connectivity index (χ3n) is 2.97. The molecule has 0 aromatic carbocycles. The third-order valence-corrected chi connectivity index (χ3v) is 5.00. The Hall–Kier alpha value is -0.370. The van der Waals surface area contributed by atoms with Gasteiger partial charge in [-0.1, -0.05) is 0 Å². The van der Waals surface area contributed by atoms with Crippen LogP contribution in [0.2, 0.25) is 0 Å². The van der Waals surface area contributed by atoms with Crippen molar-refractivity contribution in [2.24, 2.45) is 5.73 Å². The molecule has 1 aromatic rings. The summed E-state index contributed by atoms with van der Waals surface area (Å²) in [7, 11) is -2.86. The number of hydrogen-bond acceptors (Lipinski definition) is 5. The van der Waals surface area contributed by atoms with Gasteiger partial charge in [0.1, 0.15) is 5.76 Å². The van der Waals surface area contributed by atoms with Gasteiger partial charge in [-0.15, -0.1) is 0 Å². The summed E-state index contributed by atoms with van der Waals surface area (Å²) in [5, 5.41) is 0. The third kappa shape index (κ3) is 3.09. The molecule has 0 amide bonds. The van der Waals surface area contributed by atoms with Crippen molar-refractivity contribution in [2.45, 2.75) is 6.04 Å². The van der Waals surface area contributed by atoms with E-state index in [1.165, 1.54) is 0 Å². The van der Waals surface area contributed by atoms with Crippen LogP contribution >= 0.6 is 15.9 Å². The van der Waals surface area contributed by atoms with E-state index in [9.17, 15) is 8.42 Å². The zero-order valence-electron chi connectivity index (χ0n) is 9.30. The fourth-order valence-electron chi connectivity index (χ4n) is 1.99. The smallest absolute Gasteiger partial charge is 0.169 e. The normalized spacial score (nSPS) is 22.5. The average molecular weight is 323 g/mol. The molecule has 96 valence electrons. The van der Waals surface area contributed by atoms with Crippen LogP contribution in [-0.2, 0) is 9.84 Å². The van der Waals surface area contributed by atoms with E-state index in [-0.39, 0.29) is 17.5 Å². The van der Waals surface area contributed by atoms with Gasteiger partial charge in [0.15, 0.2) is 14.5 Å². The minimum Gasteiger partial charge on any atom is -0.453 e. The predicted octanol–water partition coefficient (Wildman–Crippen LogP) is 0.772. The molecule has 17 heavy (non-hydrogen) atoms. The van der Waals surface area contributed by atoms with Crippen LogP contribution < -0.4 is 5.73 Å². The number of furan rings is 1. The van der Waals surface area contributed by atoms with Crippen molar-refractivity contribution in [1.29, 1.82) is 0 Å². The highest BCUT2D eigenvalue weighted by molar-refractivity contribution is 9.10. The molecule has 0 saturated carbocycles. The van der Waals surface area contributed by atoms with Crippen LogP contribution in [0.3, 0.4) is 0 Å². The molecule has 0 bridgehead atoms. The predicted molar refractivity (Wildman–Crippen MR) is 68.4 cm³/mol. The molecule has 7 heteroatoms. The first-order valence-electron chi connectivity index (χ1n) is 5.41. The monoisotopic (exact) mass is 322 g/mol. The zero-order valence-corrected chi connectivity index (χ0v) is 11.7. The largest absolute Gasteiger partial charge is 0.453 e. The highest BCUT2D eigenvalue weighted by Crippen LogP contribution is 2.25. The molecule has 1 aliphatic rings. The lowest BCUT2D eigenvalue weighted by atomic mass is 10.2. The molecule has 0 spiro atoms. The molecular formula is C10H15BrN2O3S. The van der Waals surface area contributed by atoms with Crippen LogP contribution in [-0.4, -0.2) is 44.5 Å². The Morgan fingerprint density at radius 2 is 2.06 bits per heavy atom.